The summed E-state index contributed by atoms with van der Waals surface area (Å²) in [5, 5.41) is 5.65. The van der Waals surface area contributed by atoms with Gasteiger partial charge < -0.3 is 0 Å². The Morgan fingerprint density at radius 1 is 1.35 bits per heavy atom. The van der Waals surface area contributed by atoms with E-state index in [2.05, 4.69) is 10.5 Å². The van der Waals surface area contributed by atoms with Crippen LogP contribution in [0.2, 0.25) is 5.02 Å². The molecule has 1 N–H and O–H groups in total. The van der Waals surface area contributed by atoms with E-state index < -0.39 is 0 Å². The molecule has 0 atom stereocenters. The quantitative estimate of drug-likeness (QED) is 0.814. The zero-order valence-electron chi connectivity index (χ0n) is 11.2. The molecule has 1 amide bonds. The van der Waals surface area contributed by atoms with Crippen molar-refractivity contribution in [3.8, 4) is 0 Å². The highest BCUT2D eigenvalue weighted by Gasteiger charge is 2.17. The Bertz CT molecular complexity index is 697. The first-order chi connectivity index (χ1) is 9.65. The summed E-state index contributed by atoms with van der Waals surface area (Å²) in [6.45, 7) is 2.03. The van der Waals surface area contributed by atoms with Gasteiger partial charge in [0.2, 0.25) is 0 Å². The average Bonchev–Trinajstić information content (AvgIpc) is 3.04. The lowest BCUT2D eigenvalue weighted by Gasteiger charge is -1.99. The highest BCUT2D eigenvalue weighted by Crippen LogP contribution is 2.35. The minimum absolute atomic E-state index is 0.215. The van der Waals surface area contributed by atoms with E-state index in [1.807, 2.05) is 25.1 Å². The van der Waals surface area contributed by atoms with Gasteiger partial charge in [0.05, 0.1) is 5.02 Å². The van der Waals surface area contributed by atoms with Gasteiger partial charge in [-0.25, -0.2) is 5.43 Å². The number of amides is 1. The normalized spacial score (nSPS) is 14.8. The molecule has 0 aliphatic heterocycles. The molecule has 0 unspecified atom stereocenters. The summed E-state index contributed by atoms with van der Waals surface area (Å²) >= 11 is 7.72. The lowest BCUT2D eigenvalue weighted by atomic mass is 10.2. The fourth-order valence-electron chi connectivity index (χ4n) is 2.39. The molecule has 1 aromatic heterocycles. The van der Waals surface area contributed by atoms with E-state index in [-0.39, 0.29) is 5.91 Å². The van der Waals surface area contributed by atoms with Gasteiger partial charge in [0.15, 0.2) is 0 Å². The molecular formula is C15H15ClN2OS. The van der Waals surface area contributed by atoms with Gasteiger partial charge in [0, 0.05) is 15.8 Å². The van der Waals surface area contributed by atoms with Gasteiger partial charge in [-0.05, 0) is 44.2 Å². The van der Waals surface area contributed by atoms with Crippen LogP contribution in [0.4, 0.5) is 0 Å². The summed E-state index contributed by atoms with van der Waals surface area (Å²) in [7, 11) is 0. The van der Waals surface area contributed by atoms with E-state index in [9.17, 15) is 4.79 Å². The first-order valence-electron chi connectivity index (χ1n) is 6.69. The largest absolute Gasteiger partial charge is 0.283 e. The summed E-state index contributed by atoms with van der Waals surface area (Å²) in [5.74, 6) is -0.215. The van der Waals surface area contributed by atoms with Gasteiger partial charge in [-0.1, -0.05) is 23.7 Å². The SMILES string of the molecule is Cc1ccc2c(Cl)c(C(=O)NN=C3CCCC3)sc2c1. The summed E-state index contributed by atoms with van der Waals surface area (Å²) in [6, 6.07) is 6.01. The lowest BCUT2D eigenvalue weighted by Crippen LogP contribution is -2.18. The molecule has 0 spiro atoms. The molecule has 1 saturated carbocycles. The maximum absolute atomic E-state index is 12.2. The maximum Gasteiger partial charge on any atom is 0.283 e. The molecular weight excluding hydrogens is 292 g/mol. The molecule has 104 valence electrons. The maximum atomic E-state index is 12.2. The standard InChI is InChI=1S/C15H15ClN2OS/c1-9-6-7-11-12(8-9)20-14(13(11)16)15(19)18-17-10-4-2-3-5-10/h6-8H,2-5H2,1H3,(H,18,19). The van der Waals surface area contributed by atoms with Crippen LogP contribution in [0.5, 0.6) is 0 Å². The fraction of sp³-hybridized carbons (Fsp3) is 0.333. The highest BCUT2D eigenvalue weighted by molar-refractivity contribution is 7.21. The van der Waals surface area contributed by atoms with Crippen molar-refractivity contribution in [2.45, 2.75) is 32.6 Å². The number of carbonyl (C=O) groups is 1. The smallest absolute Gasteiger partial charge is 0.266 e. The monoisotopic (exact) mass is 306 g/mol. The molecule has 0 saturated heterocycles. The number of hydrogen-bond donors (Lipinski definition) is 1. The van der Waals surface area contributed by atoms with E-state index in [1.54, 1.807) is 0 Å². The first-order valence-corrected chi connectivity index (χ1v) is 7.89. The second-order valence-electron chi connectivity index (χ2n) is 5.07. The molecule has 1 heterocycles. The number of rotatable bonds is 2. The van der Waals surface area contributed by atoms with E-state index >= 15 is 0 Å². The minimum atomic E-state index is -0.215. The number of aryl methyl sites for hydroxylation is 1. The molecule has 3 nitrogen and oxygen atoms in total. The van der Waals surface area contributed by atoms with Gasteiger partial charge >= 0.3 is 0 Å². The van der Waals surface area contributed by atoms with Crippen molar-refractivity contribution in [2.24, 2.45) is 5.10 Å². The van der Waals surface area contributed by atoms with Crippen LogP contribution in [0.3, 0.4) is 0 Å². The first kappa shape index (κ1) is 13.6. The number of thiophene rings is 1. The second kappa shape index (κ2) is 5.54. The molecule has 20 heavy (non-hydrogen) atoms. The van der Waals surface area contributed by atoms with Crippen molar-refractivity contribution < 1.29 is 4.79 Å². The number of benzene rings is 1. The Kier molecular flexibility index (Phi) is 3.76. The van der Waals surface area contributed by atoms with E-state index in [0.29, 0.717) is 9.90 Å². The lowest BCUT2D eigenvalue weighted by molar-refractivity contribution is 0.0959. The Balaban J connectivity index is 1.87. The molecule has 2 aromatic rings. The number of hydrazone groups is 1. The van der Waals surface area contributed by atoms with Gasteiger partial charge in [0.25, 0.3) is 5.91 Å². The van der Waals surface area contributed by atoms with Crippen LogP contribution in [0.25, 0.3) is 10.1 Å². The van der Waals surface area contributed by atoms with Crippen LogP contribution in [0, 0.1) is 6.92 Å². The Morgan fingerprint density at radius 3 is 2.85 bits per heavy atom. The van der Waals surface area contributed by atoms with E-state index in [1.165, 1.54) is 11.3 Å². The van der Waals surface area contributed by atoms with E-state index in [0.717, 1.165) is 47.0 Å². The van der Waals surface area contributed by atoms with Gasteiger partial charge in [-0.2, -0.15) is 5.10 Å². The third-order valence-electron chi connectivity index (χ3n) is 3.49. The molecule has 1 aliphatic rings. The third-order valence-corrected chi connectivity index (χ3v) is 5.14. The topological polar surface area (TPSA) is 41.5 Å². The highest BCUT2D eigenvalue weighted by atomic mass is 35.5. The molecule has 0 radical (unpaired) electrons. The Morgan fingerprint density at radius 2 is 2.10 bits per heavy atom. The molecule has 1 aromatic carbocycles. The number of carbonyl (C=O) groups excluding carboxylic acids is 1. The number of nitrogens with one attached hydrogen (secondary N) is 1. The predicted molar refractivity (Wildman–Crippen MR) is 84.9 cm³/mol. The number of halogens is 1. The van der Waals surface area contributed by atoms with Crippen molar-refractivity contribution in [3.63, 3.8) is 0 Å². The second-order valence-corrected chi connectivity index (χ2v) is 6.50. The van der Waals surface area contributed by atoms with E-state index in [4.69, 9.17) is 11.6 Å². The van der Waals surface area contributed by atoms with Crippen LogP contribution in [-0.2, 0) is 0 Å². The van der Waals surface area contributed by atoms with Crippen molar-refractivity contribution in [2.75, 3.05) is 0 Å². The zero-order chi connectivity index (χ0) is 14.1. The van der Waals surface area contributed by atoms with Crippen molar-refractivity contribution in [3.05, 3.63) is 33.7 Å². The predicted octanol–water partition coefficient (Wildman–Crippen LogP) is 4.52. The minimum Gasteiger partial charge on any atom is -0.266 e. The summed E-state index contributed by atoms with van der Waals surface area (Å²) in [5.41, 5.74) is 4.87. The van der Waals surface area contributed by atoms with Crippen molar-refractivity contribution in [1.82, 2.24) is 5.43 Å². The summed E-state index contributed by atoms with van der Waals surface area (Å²) in [4.78, 5) is 12.7. The molecule has 5 heteroatoms. The number of nitrogens with zero attached hydrogens (tertiary/aromatic N) is 1. The summed E-state index contributed by atoms with van der Waals surface area (Å²) < 4.78 is 1.04. The van der Waals surface area contributed by atoms with Crippen LogP contribution in [0.1, 0.15) is 40.9 Å². The number of hydrogen-bond acceptors (Lipinski definition) is 3. The van der Waals surface area contributed by atoms with Crippen LogP contribution >= 0.6 is 22.9 Å². The van der Waals surface area contributed by atoms with Crippen LogP contribution < -0.4 is 5.43 Å². The average molecular weight is 307 g/mol. The molecule has 1 fully saturated rings. The Labute approximate surface area is 126 Å². The summed E-state index contributed by atoms with van der Waals surface area (Å²) in [6.07, 6.45) is 4.30. The van der Waals surface area contributed by atoms with Crippen LogP contribution in [-0.4, -0.2) is 11.6 Å². The van der Waals surface area contributed by atoms with Crippen LogP contribution in [0.15, 0.2) is 23.3 Å². The third kappa shape index (κ3) is 2.58. The van der Waals surface area contributed by atoms with Gasteiger partial charge in [0.1, 0.15) is 4.88 Å². The van der Waals surface area contributed by atoms with Gasteiger partial charge in [-0.3, -0.25) is 4.79 Å². The molecule has 1 aliphatic carbocycles. The molecule has 0 bridgehead atoms. The van der Waals surface area contributed by atoms with Gasteiger partial charge in [-0.15, -0.1) is 11.3 Å². The zero-order valence-corrected chi connectivity index (χ0v) is 12.8. The molecule has 3 rings (SSSR count). The fourth-order valence-corrected chi connectivity index (χ4v) is 3.90. The van der Waals surface area contributed by atoms with Crippen molar-refractivity contribution in [1.29, 1.82) is 0 Å². The number of fused-ring (bicyclic) bond motifs is 1. The van der Waals surface area contributed by atoms with Crippen molar-refractivity contribution >= 4 is 44.6 Å². The Hall–Kier alpha value is -1.39.